The van der Waals surface area contributed by atoms with Gasteiger partial charge in [-0.25, -0.2) is 9.18 Å². The molecule has 0 aliphatic carbocycles. The fourth-order valence-electron chi connectivity index (χ4n) is 3.45. The van der Waals surface area contributed by atoms with Crippen LogP contribution in [-0.2, 0) is 11.3 Å². The first-order chi connectivity index (χ1) is 15.5. The lowest BCUT2D eigenvalue weighted by atomic mass is 10.1. The number of ether oxygens (including phenoxy) is 1. The highest BCUT2D eigenvalue weighted by Gasteiger charge is 2.17. The standard InChI is InChI=1S/C24H19ClFN3O3/c1-2-32-21-10-6-5-9-19(21)27-22(30)14-29-20-12-11-15(25)13-17(20)23(28-24(29)31)16-7-3-4-8-18(16)26/h3-13H,2,14H2,1H3,(H,27,30). The molecule has 32 heavy (non-hydrogen) atoms. The van der Waals surface area contributed by atoms with Gasteiger partial charge in [0.1, 0.15) is 18.1 Å². The molecule has 0 saturated heterocycles. The van der Waals surface area contributed by atoms with Crippen molar-refractivity contribution in [3.05, 3.63) is 88.1 Å². The van der Waals surface area contributed by atoms with Gasteiger partial charge in [0.15, 0.2) is 0 Å². The second-order valence-electron chi connectivity index (χ2n) is 6.95. The van der Waals surface area contributed by atoms with Crippen molar-refractivity contribution in [1.29, 1.82) is 0 Å². The summed E-state index contributed by atoms with van der Waals surface area (Å²) in [6, 6.07) is 17.9. The van der Waals surface area contributed by atoms with Gasteiger partial charge in [-0.1, -0.05) is 35.9 Å². The molecule has 1 aromatic heterocycles. The van der Waals surface area contributed by atoms with Crippen LogP contribution in [0.2, 0.25) is 5.02 Å². The van der Waals surface area contributed by atoms with Gasteiger partial charge >= 0.3 is 5.69 Å². The zero-order valence-corrected chi connectivity index (χ0v) is 17.9. The van der Waals surface area contributed by atoms with Crippen LogP contribution in [0.3, 0.4) is 0 Å². The highest BCUT2D eigenvalue weighted by molar-refractivity contribution is 6.31. The number of anilines is 1. The molecule has 162 valence electrons. The van der Waals surface area contributed by atoms with Crippen molar-refractivity contribution in [2.45, 2.75) is 13.5 Å². The number of aromatic nitrogens is 2. The van der Waals surface area contributed by atoms with Crippen LogP contribution < -0.4 is 15.7 Å². The summed E-state index contributed by atoms with van der Waals surface area (Å²) in [4.78, 5) is 29.7. The summed E-state index contributed by atoms with van der Waals surface area (Å²) >= 11 is 6.17. The number of para-hydroxylation sites is 2. The second kappa shape index (κ2) is 9.20. The Hall–Kier alpha value is -3.71. The van der Waals surface area contributed by atoms with Gasteiger partial charge in [0.2, 0.25) is 5.91 Å². The second-order valence-corrected chi connectivity index (χ2v) is 7.38. The number of carbonyl (C=O) groups is 1. The predicted molar refractivity (Wildman–Crippen MR) is 123 cm³/mol. The maximum atomic E-state index is 14.4. The van der Waals surface area contributed by atoms with E-state index in [2.05, 4.69) is 10.3 Å². The van der Waals surface area contributed by atoms with Crippen molar-refractivity contribution in [2.24, 2.45) is 0 Å². The zero-order chi connectivity index (χ0) is 22.7. The molecular formula is C24H19ClFN3O3. The molecule has 0 aliphatic rings. The number of rotatable bonds is 6. The third kappa shape index (κ3) is 4.33. The summed E-state index contributed by atoms with van der Waals surface area (Å²) in [7, 11) is 0. The number of halogens is 2. The van der Waals surface area contributed by atoms with Crippen molar-refractivity contribution < 1.29 is 13.9 Å². The van der Waals surface area contributed by atoms with Crippen LogP contribution >= 0.6 is 11.6 Å². The first-order valence-electron chi connectivity index (χ1n) is 9.94. The summed E-state index contributed by atoms with van der Waals surface area (Å²) < 4.78 is 21.2. The monoisotopic (exact) mass is 451 g/mol. The van der Waals surface area contributed by atoms with E-state index < -0.39 is 17.4 Å². The van der Waals surface area contributed by atoms with E-state index in [0.717, 1.165) is 0 Å². The molecule has 1 N–H and O–H groups in total. The Morgan fingerprint density at radius 1 is 1.12 bits per heavy atom. The lowest BCUT2D eigenvalue weighted by molar-refractivity contribution is -0.116. The van der Waals surface area contributed by atoms with E-state index in [0.29, 0.717) is 34.0 Å². The molecule has 3 aromatic carbocycles. The Morgan fingerprint density at radius 3 is 2.66 bits per heavy atom. The third-order valence-corrected chi connectivity index (χ3v) is 5.07. The molecule has 0 saturated carbocycles. The Morgan fingerprint density at radius 2 is 1.88 bits per heavy atom. The Balaban J connectivity index is 1.75. The molecule has 1 amide bonds. The Bertz CT molecular complexity index is 1370. The van der Waals surface area contributed by atoms with Crippen molar-refractivity contribution in [1.82, 2.24) is 9.55 Å². The SMILES string of the molecule is CCOc1ccccc1NC(=O)Cn1c(=O)nc(-c2ccccc2F)c2cc(Cl)ccc21. The molecule has 0 bridgehead atoms. The van der Waals surface area contributed by atoms with Gasteiger partial charge < -0.3 is 10.1 Å². The van der Waals surface area contributed by atoms with Gasteiger partial charge in [-0.15, -0.1) is 0 Å². The molecule has 0 radical (unpaired) electrons. The third-order valence-electron chi connectivity index (χ3n) is 4.83. The van der Waals surface area contributed by atoms with Gasteiger partial charge in [0, 0.05) is 16.0 Å². The average Bonchev–Trinajstić information content (AvgIpc) is 2.77. The number of fused-ring (bicyclic) bond motifs is 1. The molecule has 4 rings (SSSR count). The van der Waals surface area contributed by atoms with Gasteiger partial charge in [0.05, 0.1) is 23.5 Å². The van der Waals surface area contributed by atoms with Gasteiger partial charge in [-0.2, -0.15) is 4.98 Å². The smallest absolute Gasteiger partial charge is 0.349 e. The quantitative estimate of drug-likeness (QED) is 0.453. The molecule has 8 heteroatoms. The minimum atomic E-state index is -0.675. The largest absolute Gasteiger partial charge is 0.492 e. The molecule has 0 atom stereocenters. The minimum Gasteiger partial charge on any atom is -0.492 e. The molecule has 1 heterocycles. The normalized spacial score (nSPS) is 10.8. The van der Waals surface area contributed by atoms with E-state index >= 15 is 0 Å². The zero-order valence-electron chi connectivity index (χ0n) is 17.1. The first kappa shape index (κ1) is 21.5. The number of amides is 1. The molecule has 0 fully saturated rings. The summed E-state index contributed by atoms with van der Waals surface area (Å²) in [5, 5.41) is 3.63. The van der Waals surface area contributed by atoms with E-state index in [1.54, 1.807) is 60.7 Å². The van der Waals surface area contributed by atoms with Crippen LogP contribution in [0.25, 0.3) is 22.2 Å². The summed E-state index contributed by atoms with van der Waals surface area (Å²) in [5.41, 5.74) is 0.589. The number of benzene rings is 3. The van der Waals surface area contributed by atoms with Gasteiger partial charge in [-0.3, -0.25) is 9.36 Å². The Kier molecular flexibility index (Phi) is 6.18. The average molecular weight is 452 g/mol. The molecule has 0 unspecified atom stereocenters. The summed E-state index contributed by atoms with van der Waals surface area (Å²) in [6.45, 7) is 2.00. The van der Waals surface area contributed by atoms with E-state index in [1.165, 1.54) is 10.6 Å². The lowest BCUT2D eigenvalue weighted by Crippen LogP contribution is -2.30. The molecule has 0 spiro atoms. The maximum absolute atomic E-state index is 14.4. The van der Waals surface area contributed by atoms with Crippen molar-refractivity contribution in [3.8, 4) is 17.0 Å². The van der Waals surface area contributed by atoms with Gasteiger partial charge in [0.25, 0.3) is 0 Å². The van der Waals surface area contributed by atoms with Crippen LogP contribution in [0.1, 0.15) is 6.92 Å². The fourth-order valence-corrected chi connectivity index (χ4v) is 3.62. The number of nitrogens with one attached hydrogen (secondary N) is 1. The minimum absolute atomic E-state index is 0.170. The topological polar surface area (TPSA) is 73.2 Å². The molecule has 6 nitrogen and oxygen atoms in total. The summed E-state index contributed by atoms with van der Waals surface area (Å²) in [6.07, 6.45) is 0. The maximum Gasteiger partial charge on any atom is 0.349 e. The van der Waals surface area contributed by atoms with Crippen molar-refractivity contribution in [2.75, 3.05) is 11.9 Å². The Labute approximate surface area is 188 Å². The fraction of sp³-hybridized carbons (Fsp3) is 0.125. The first-order valence-corrected chi connectivity index (χ1v) is 10.3. The van der Waals surface area contributed by atoms with Crippen molar-refractivity contribution >= 4 is 34.1 Å². The number of carbonyl (C=O) groups excluding carboxylic acids is 1. The highest BCUT2D eigenvalue weighted by atomic mass is 35.5. The van der Waals surface area contributed by atoms with E-state index in [1.807, 2.05) is 6.92 Å². The molecular weight excluding hydrogens is 433 g/mol. The van der Waals surface area contributed by atoms with Crippen LogP contribution in [0.5, 0.6) is 5.75 Å². The van der Waals surface area contributed by atoms with Gasteiger partial charge in [-0.05, 0) is 49.4 Å². The highest BCUT2D eigenvalue weighted by Crippen LogP contribution is 2.29. The van der Waals surface area contributed by atoms with E-state index in [9.17, 15) is 14.0 Å². The molecule has 4 aromatic rings. The van der Waals surface area contributed by atoms with Crippen LogP contribution in [-0.4, -0.2) is 22.1 Å². The van der Waals surface area contributed by atoms with E-state index in [-0.39, 0.29) is 17.8 Å². The number of nitrogens with zero attached hydrogens (tertiary/aromatic N) is 2. The lowest BCUT2D eigenvalue weighted by Gasteiger charge is -2.15. The summed E-state index contributed by atoms with van der Waals surface area (Å²) in [5.74, 6) is -0.417. The van der Waals surface area contributed by atoms with Crippen molar-refractivity contribution in [3.63, 3.8) is 0 Å². The van der Waals surface area contributed by atoms with Crippen LogP contribution in [0, 0.1) is 5.82 Å². The number of hydrogen-bond donors (Lipinski definition) is 1. The molecule has 0 aliphatic heterocycles. The van der Waals surface area contributed by atoms with Crippen LogP contribution in [0.4, 0.5) is 10.1 Å². The predicted octanol–water partition coefficient (Wildman–Crippen LogP) is 4.89. The van der Waals surface area contributed by atoms with E-state index in [4.69, 9.17) is 16.3 Å². The van der Waals surface area contributed by atoms with Crippen LogP contribution in [0.15, 0.2) is 71.5 Å². The number of hydrogen-bond acceptors (Lipinski definition) is 4.